The van der Waals surface area contributed by atoms with Crippen molar-refractivity contribution in [1.29, 1.82) is 0 Å². The van der Waals surface area contributed by atoms with Gasteiger partial charge in [-0.1, -0.05) is 12.1 Å². The Balaban J connectivity index is 2.46. The molecule has 0 fully saturated rings. The molecule has 6 heteroatoms. The molecule has 0 aliphatic carbocycles. The molecule has 0 saturated carbocycles. The van der Waals surface area contributed by atoms with E-state index in [9.17, 15) is 9.90 Å². The zero-order valence-corrected chi connectivity index (χ0v) is 9.88. The summed E-state index contributed by atoms with van der Waals surface area (Å²) in [5.74, 6) is -0.600. The molecule has 1 unspecified atom stereocenters. The van der Waals surface area contributed by atoms with E-state index in [-0.39, 0.29) is 11.3 Å². The third kappa shape index (κ3) is 2.25. The topological polar surface area (TPSA) is 85.2 Å². The highest BCUT2D eigenvalue weighted by molar-refractivity contribution is 5.76. The van der Waals surface area contributed by atoms with Crippen LogP contribution < -0.4 is 9.47 Å². The van der Waals surface area contributed by atoms with E-state index in [0.717, 1.165) is 5.56 Å². The standard InChI is InChI=1S/C12H14O6/c1-16-6-7-2-3-8(9(13)12(14)15)11-10(7)17-4-5-18-11/h2-3,9,13H,4-6H2,1H3,(H,14,15). The second kappa shape index (κ2) is 5.24. The molecule has 18 heavy (non-hydrogen) atoms. The Kier molecular flexibility index (Phi) is 3.69. The lowest BCUT2D eigenvalue weighted by molar-refractivity contribution is -0.147. The SMILES string of the molecule is COCc1ccc(C(O)C(=O)O)c2c1OCCO2. The van der Waals surface area contributed by atoms with E-state index in [4.69, 9.17) is 19.3 Å². The molecule has 1 atom stereocenters. The van der Waals surface area contributed by atoms with Crippen LogP contribution in [0.1, 0.15) is 17.2 Å². The lowest BCUT2D eigenvalue weighted by atomic mass is 10.0. The average Bonchev–Trinajstić information content (AvgIpc) is 2.38. The molecular weight excluding hydrogens is 240 g/mol. The van der Waals surface area contributed by atoms with Gasteiger partial charge >= 0.3 is 5.97 Å². The number of ether oxygens (including phenoxy) is 3. The number of aliphatic hydroxyl groups excluding tert-OH is 1. The molecule has 2 rings (SSSR count). The summed E-state index contributed by atoms with van der Waals surface area (Å²) in [6, 6.07) is 3.18. The third-order valence-corrected chi connectivity index (χ3v) is 2.63. The highest BCUT2D eigenvalue weighted by Crippen LogP contribution is 2.40. The number of hydrogen-bond acceptors (Lipinski definition) is 5. The second-order valence-corrected chi connectivity index (χ2v) is 3.84. The summed E-state index contributed by atoms with van der Waals surface area (Å²) < 4.78 is 15.9. The van der Waals surface area contributed by atoms with E-state index in [2.05, 4.69) is 0 Å². The molecule has 1 aliphatic rings. The van der Waals surface area contributed by atoms with Crippen molar-refractivity contribution in [3.63, 3.8) is 0 Å². The summed E-state index contributed by atoms with van der Waals surface area (Å²) >= 11 is 0. The Morgan fingerprint density at radius 1 is 1.39 bits per heavy atom. The third-order valence-electron chi connectivity index (χ3n) is 2.63. The number of carboxylic acid groups (broad SMARTS) is 1. The lowest BCUT2D eigenvalue weighted by Gasteiger charge is -2.24. The van der Waals surface area contributed by atoms with E-state index in [1.54, 1.807) is 13.2 Å². The van der Waals surface area contributed by atoms with Crippen molar-refractivity contribution < 1.29 is 29.2 Å². The van der Waals surface area contributed by atoms with Crippen molar-refractivity contribution in [3.8, 4) is 11.5 Å². The zero-order valence-electron chi connectivity index (χ0n) is 9.88. The normalized spacial score (nSPS) is 15.2. The number of carboxylic acids is 1. The van der Waals surface area contributed by atoms with E-state index in [0.29, 0.717) is 25.6 Å². The van der Waals surface area contributed by atoms with Gasteiger partial charge in [0.25, 0.3) is 0 Å². The van der Waals surface area contributed by atoms with Gasteiger partial charge in [-0.2, -0.15) is 0 Å². The van der Waals surface area contributed by atoms with E-state index in [1.165, 1.54) is 6.07 Å². The molecule has 98 valence electrons. The van der Waals surface area contributed by atoms with Crippen molar-refractivity contribution in [2.75, 3.05) is 20.3 Å². The van der Waals surface area contributed by atoms with Gasteiger partial charge < -0.3 is 24.4 Å². The minimum atomic E-state index is -1.63. The molecule has 6 nitrogen and oxygen atoms in total. The lowest BCUT2D eigenvalue weighted by Crippen LogP contribution is -2.20. The molecule has 0 bridgehead atoms. The van der Waals surface area contributed by atoms with Crippen molar-refractivity contribution in [1.82, 2.24) is 0 Å². The van der Waals surface area contributed by atoms with E-state index in [1.807, 2.05) is 0 Å². The summed E-state index contributed by atoms with van der Waals surface area (Å²) in [4.78, 5) is 10.8. The highest BCUT2D eigenvalue weighted by Gasteiger charge is 2.27. The van der Waals surface area contributed by atoms with Crippen LogP contribution in [0.4, 0.5) is 0 Å². The van der Waals surface area contributed by atoms with E-state index < -0.39 is 12.1 Å². The molecule has 0 saturated heterocycles. The van der Waals surface area contributed by atoms with Crippen LogP contribution in [0, 0.1) is 0 Å². The van der Waals surface area contributed by atoms with Crippen LogP contribution in [-0.2, 0) is 16.1 Å². The first kappa shape index (κ1) is 12.7. The number of benzene rings is 1. The van der Waals surface area contributed by atoms with Crippen LogP contribution in [0.25, 0.3) is 0 Å². The van der Waals surface area contributed by atoms with E-state index >= 15 is 0 Å². The fourth-order valence-electron chi connectivity index (χ4n) is 1.83. The van der Waals surface area contributed by atoms with Gasteiger partial charge in [-0.05, 0) is 0 Å². The molecule has 0 radical (unpaired) electrons. The molecule has 2 N–H and O–H groups in total. The molecule has 0 spiro atoms. The summed E-state index contributed by atoms with van der Waals surface area (Å²) in [5.41, 5.74) is 0.950. The van der Waals surface area contributed by atoms with Crippen LogP contribution in [0.5, 0.6) is 11.5 Å². The minimum absolute atomic E-state index is 0.192. The molecular formula is C12H14O6. The van der Waals surface area contributed by atoms with Gasteiger partial charge in [0.05, 0.1) is 6.61 Å². The molecule has 1 aromatic rings. The van der Waals surface area contributed by atoms with Gasteiger partial charge in [-0.25, -0.2) is 4.79 Å². The maximum Gasteiger partial charge on any atom is 0.337 e. The van der Waals surface area contributed by atoms with Gasteiger partial charge in [-0.3, -0.25) is 0 Å². The fourth-order valence-corrected chi connectivity index (χ4v) is 1.83. The summed E-state index contributed by atoms with van der Waals surface area (Å²) in [5, 5.41) is 18.4. The van der Waals surface area contributed by atoms with Crippen molar-refractivity contribution >= 4 is 5.97 Å². The maximum absolute atomic E-state index is 10.8. The summed E-state index contributed by atoms with van der Waals surface area (Å²) in [6.45, 7) is 1.04. The zero-order chi connectivity index (χ0) is 13.1. The van der Waals surface area contributed by atoms with Gasteiger partial charge in [0.2, 0.25) is 0 Å². The number of rotatable bonds is 4. The maximum atomic E-state index is 10.8. The summed E-state index contributed by atoms with van der Waals surface area (Å²) in [7, 11) is 1.55. The Hall–Kier alpha value is -1.79. The first-order chi connectivity index (χ1) is 8.65. The van der Waals surface area contributed by atoms with Gasteiger partial charge in [0.15, 0.2) is 17.6 Å². The minimum Gasteiger partial charge on any atom is -0.486 e. The van der Waals surface area contributed by atoms with Gasteiger partial charge in [-0.15, -0.1) is 0 Å². The smallest absolute Gasteiger partial charge is 0.337 e. The number of aliphatic carboxylic acids is 1. The molecule has 0 amide bonds. The molecule has 1 aliphatic heterocycles. The Morgan fingerprint density at radius 3 is 2.67 bits per heavy atom. The van der Waals surface area contributed by atoms with Crippen molar-refractivity contribution in [2.45, 2.75) is 12.7 Å². The summed E-state index contributed by atoms with van der Waals surface area (Å²) in [6.07, 6.45) is -1.63. The van der Waals surface area contributed by atoms with Crippen molar-refractivity contribution in [2.24, 2.45) is 0 Å². The first-order valence-electron chi connectivity index (χ1n) is 5.46. The molecule has 1 heterocycles. The average molecular weight is 254 g/mol. The number of carbonyl (C=O) groups is 1. The second-order valence-electron chi connectivity index (χ2n) is 3.84. The molecule has 1 aromatic carbocycles. The van der Waals surface area contributed by atoms with Crippen LogP contribution in [0.15, 0.2) is 12.1 Å². The van der Waals surface area contributed by atoms with Crippen LogP contribution >= 0.6 is 0 Å². The van der Waals surface area contributed by atoms with Crippen LogP contribution in [0.2, 0.25) is 0 Å². The molecule has 0 aromatic heterocycles. The number of methoxy groups -OCH3 is 1. The van der Waals surface area contributed by atoms with Gasteiger partial charge in [0, 0.05) is 18.2 Å². The Morgan fingerprint density at radius 2 is 2.06 bits per heavy atom. The number of aliphatic hydroxyl groups is 1. The number of fused-ring (bicyclic) bond motifs is 1. The largest absolute Gasteiger partial charge is 0.486 e. The highest BCUT2D eigenvalue weighted by atomic mass is 16.6. The fraction of sp³-hybridized carbons (Fsp3) is 0.417. The first-order valence-corrected chi connectivity index (χ1v) is 5.46. The Bertz CT molecular complexity index is 456. The quantitative estimate of drug-likeness (QED) is 0.823. The predicted molar refractivity (Wildman–Crippen MR) is 60.7 cm³/mol. The Labute approximate surface area is 104 Å². The number of hydrogen-bond donors (Lipinski definition) is 2. The predicted octanol–water partition coefficient (Wildman–Crippen LogP) is 0.722. The monoisotopic (exact) mass is 254 g/mol. The van der Waals surface area contributed by atoms with Gasteiger partial charge in [0.1, 0.15) is 13.2 Å². The van der Waals surface area contributed by atoms with Crippen LogP contribution in [0.3, 0.4) is 0 Å². The van der Waals surface area contributed by atoms with Crippen molar-refractivity contribution in [3.05, 3.63) is 23.3 Å². The van der Waals surface area contributed by atoms with Crippen LogP contribution in [-0.4, -0.2) is 36.5 Å².